The Morgan fingerprint density at radius 3 is 2.42 bits per heavy atom. The van der Waals surface area contributed by atoms with E-state index in [1.807, 2.05) is 20.8 Å². The number of carbonyl (C=O) groups is 1. The molecule has 0 aromatic rings. The first-order valence-electron chi connectivity index (χ1n) is 3.94. The van der Waals surface area contributed by atoms with Gasteiger partial charge in [-0.05, 0) is 6.08 Å². The van der Waals surface area contributed by atoms with E-state index < -0.39 is 0 Å². The van der Waals surface area contributed by atoms with Gasteiger partial charge >= 0.3 is 0 Å². The highest BCUT2D eigenvalue weighted by molar-refractivity contribution is 6.01. The van der Waals surface area contributed by atoms with Crippen molar-refractivity contribution in [1.29, 1.82) is 0 Å². The number of allylic oxidation sites excluding steroid dienone is 2. The van der Waals surface area contributed by atoms with Crippen molar-refractivity contribution in [2.24, 2.45) is 5.41 Å². The number of hydrazine groups is 1. The summed E-state index contributed by atoms with van der Waals surface area (Å²) in [5.74, 6) is 0.146. The molecule has 0 bridgehead atoms. The second-order valence-corrected chi connectivity index (χ2v) is 3.80. The summed E-state index contributed by atoms with van der Waals surface area (Å²) in [5, 5.41) is 0. The van der Waals surface area contributed by atoms with E-state index in [-0.39, 0.29) is 11.2 Å². The predicted molar refractivity (Wildman–Crippen MR) is 48.0 cm³/mol. The highest BCUT2D eigenvalue weighted by Gasteiger charge is 2.23. The van der Waals surface area contributed by atoms with Crippen LogP contribution in [0.15, 0.2) is 24.0 Å². The minimum absolute atomic E-state index is 0.146. The molecule has 1 heterocycles. The summed E-state index contributed by atoms with van der Waals surface area (Å²) in [4.78, 5) is 11.6. The van der Waals surface area contributed by atoms with Gasteiger partial charge < -0.3 is 10.9 Å². The van der Waals surface area contributed by atoms with Crippen molar-refractivity contribution >= 4 is 5.78 Å². The molecule has 1 aliphatic heterocycles. The van der Waals surface area contributed by atoms with E-state index >= 15 is 0 Å². The smallest absolute Gasteiger partial charge is 0.169 e. The van der Waals surface area contributed by atoms with Gasteiger partial charge in [0.2, 0.25) is 0 Å². The highest BCUT2D eigenvalue weighted by atomic mass is 16.1. The Balaban J connectivity index is 2.77. The number of ketones is 1. The van der Waals surface area contributed by atoms with Gasteiger partial charge in [-0.25, -0.2) is 0 Å². The van der Waals surface area contributed by atoms with Gasteiger partial charge in [-0.2, -0.15) is 0 Å². The maximum absolute atomic E-state index is 11.6. The van der Waals surface area contributed by atoms with Crippen molar-refractivity contribution in [1.82, 2.24) is 10.9 Å². The third kappa shape index (κ3) is 1.87. The molecule has 66 valence electrons. The largest absolute Gasteiger partial charge is 0.309 e. The Morgan fingerprint density at radius 1 is 1.33 bits per heavy atom. The minimum Gasteiger partial charge on any atom is -0.309 e. The number of rotatable bonds is 1. The van der Waals surface area contributed by atoms with Crippen LogP contribution < -0.4 is 10.9 Å². The molecular weight excluding hydrogens is 152 g/mol. The first-order valence-corrected chi connectivity index (χ1v) is 3.94. The van der Waals surface area contributed by atoms with Crippen molar-refractivity contribution < 1.29 is 4.79 Å². The molecule has 1 aliphatic rings. The molecule has 0 saturated heterocycles. The fraction of sp³-hybridized carbons (Fsp3) is 0.444. The number of hydrogen-bond donors (Lipinski definition) is 2. The van der Waals surface area contributed by atoms with Gasteiger partial charge in [0.1, 0.15) is 0 Å². The van der Waals surface area contributed by atoms with Gasteiger partial charge in [-0.15, -0.1) is 0 Å². The van der Waals surface area contributed by atoms with Gasteiger partial charge in [0, 0.05) is 23.4 Å². The Bertz CT molecular complexity index is 246. The molecule has 0 unspecified atom stereocenters. The van der Waals surface area contributed by atoms with E-state index in [0.29, 0.717) is 5.57 Å². The van der Waals surface area contributed by atoms with E-state index in [0.717, 1.165) is 0 Å². The zero-order valence-corrected chi connectivity index (χ0v) is 7.64. The summed E-state index contributed by atoms with van der Waals surface area (Å²) in [5.41, 5.74) is 5.93. The van der Waals surface area contributed by atoms with Crippen LogP contribution in [-0.2, 0) is 4.79 Å². The molecule has 0 aliphatic carbocycles. The predicted octanol–water partition coefficient (Wildman–Crippen LogP) is 1.11. The first kappa shape index (κ1) is 8.84. The summed E-state index contributed by atoms with van der Waals surface area (Å²) in [6.07, 6.45) is 5.15. The Kier molecular flexibility index (Phi) is 2.22. The van der Waals surface area contributed by atoms with E-state index in [2.05, 4.69) is 10.9 Å². The lowest BCUT2D eigenvalue weighted by Gasteiger charge is -2.18. The number of Topliss-reactive ketones (excluding diaryl/α,β-unsaturated/α-hetero) is 1. The summed E-state index contributed by atoms with van der Waals surface area (Å²) in [6, 6.07) is 0. The molecule has 0 radical (unpaired) electrons. The lowest BCUT2D eigenvalue weighted by molar-refractivity contribution is -0.122. The second-order valence-electron chi connectivity index (χ2n) is 3.80. The third-order valence-electron chi connectivity index (χ3n) is 1.60. The van der Waals surface area contributed by atoms with Crippen molar-refractivity contribution in [3.63, 3.8) is 0 Å². The van der Waals surface area contributed by atoms with Crippen LogP contribution in [-0.4, -0.2) is 5.78 Å². The number of hydrogen-bond acceptors (Lipinski definition) is 3. The van der Waals surface area contributed by atoms with Crippen LogP contribution in [0.25, 0.3) is 0 Å². The Labute approximate surface area is 72.5 Å². The summed E-state index contributed by atoms with van der Waals surface area (Å²) in [7, 11) is 0. The molecule has 12 heavy (non-hydrogen) atoms. The van der Waals surface area contributed by atoms with Crippen molar-refractivity contribution in [3.05, 3.63) is 24.0 Å². The average Bonchev–Trinajstić information content (AvgIpc) is 2.03. The standard InChI is InChI=1S/C9H14N2O/c1-9(2,3)8(12)7-4-5-10-11-6-7/h4-6,10-11H,1-3H3. The van der Waals surface area contributed by atoms with Gasteiger partial charge in [0.15, 0.2) is 5.78 Å². The van der Waals surface area contributed by atoms with E-state index in [4.69, 9.17) is 0 Å². The van der Waals surface area contributed by atoms with Crippen LogP contribution in [0.5, 0.6) is 0 Å². The first-order chi connectivity index (χ1) is 5.52. The fourth-order valence-corrected chi connectivity index (χ4v) is 0.921. The molecule has 0 aromatic carbocycles. The normalized spacial score (nSPS) is 16.1. The van der Waals surface area contributed by atoms with Gasteiger partial charge in [-0.3, -0.25) is 4.79 Å². The summed E-state index contributed by atoms with van der Waals surface area (Å²) < 4.78 is 0. The van der Waals surface area contributed by atoms with Gasteiger partial charge in [0.25, 0.3) is 0 Å². The van der Waals surface area contributed by atoms with Crippen LogP contribution in [0.1, 0.15) is 20.8 Å². The topological polar surface area (TPSA) is 41.1 Å². The number of nitrogens with one attached hydrogen (secondary N) is 2. The molecule has 0 saturated carbocycles. The van der Waals surface area contributed by atoms with E-state index in [9.17, 15) is 4.79 Å². The SMILES string of the molecule is CC(C)(C)C(=O)C1=CNNC=C1. The zero-order chi connectivity index (χ0) is 9.19. The maximum Gasteiger partial charge on any atom is 0.169 e. The lowest BCUT2D eigenvalue weighted by atomic mass is 9.86. The molecule has 0 fully saturated rings. The average molecular weight is 166 g/mol. The molecule has 0 amide bonds. The van der Waals surface area contributed by atoms with Crippen LogP contribution >= 0.6 is 0 Å². The fourth-order valence-electron chi connectivity index (χ4n) is 0.921. The molecule has 0 spiro atoms. The van der Waals surface area contributed by atoms with Crippen molar-refractivity contribution in [3.8, 4) is 0 Å². The molecule has 2 N–H and O–H groups in total. The van der Waals surface area contributed by atoms with E-state index in [1.54, 1.807) is 18.5 Å². The Hall–Kier alpha value is -1.25. The second kappa shape index (κ2) is 3.01. The monoisotopic (exact) mass is 166 g/mol. The van der Waals surface area contributed by atoms with Crippen molar-refractivity contribution in [2.45, 2.75) is 20.8 Å². The van der Waals surface area contributed by atoms with Crippen LogP contribution in [0, 0.1) is 5.41 Å². The van der Waals surface area contributed by atoms with E-state index in [1.165, 1.54) is 0 Å². The molecule has 0 atom stereocenters. The molecule has 1 rings (SSSR count). The molecule has 0 aromatic heterocycles. The third-order valence-corrected chi connectivity index (χ3v) is 1.60. The maximum atomic E-state index is 11.6. The zero-order valence-electron chi connectivity index (χ0n) is 7.64. The quantitative estimate of drug-likeness (QED) is 0.613. The molecule has 3 nitrogen and oxygen atoms in total. The van der Waals surface area contributed by atoms with Crippen LogP contribution in [0.2, 0.25) is 0 Å². The van der Waals surface area contributed by atoms with Crippen LogP contribution in [0.3, 0.4) is 0 Å². The molecule has 3 heteroatoms. The van der Waals surface area contributed by atoms with Gasteiger partial charge in [-0.1, -0.05) is 20.8 Å². The molecular formula is C9H14N2O. The Morgan fingerprint density at radius 2 is 2.00 bits per heavy atom. The minimum atomic E-state index is -0.310. The summed E-state index contributed by atoms with van der Waals surface area (Å²) >= 11 is 0. The van der Waals surface area contributed by atoms with Crippen LogP contribution in [0.4, 0.5) is 0 Å². The van der Waals surface area contributed by atoms with Crippen molar-refractivity contribution in [2.75, 3.05) is 0 Å². The lowest BCUT2D eigenvalue weighted by Crippen LogP contribution is -2.29. The number of carbonyl (C=O) groups excluding carboxylic acids is 1. The summed E-state index contributed by atoms with van der Waals surface area (Å²) in [6.45, 7) is 5.73. The highest BCUT2D eigenvalue weighted by Crippen LogP contribution is 2.20. The van der Waals surface area contributed by atoms with Gasteiger partial charge in [0.05, 0.1) is 0 Å².